The largest absolute Gasteiger partial charge is 0.369 e. The Morgan fingerprint density at radius 3 is 2.68 bits per heavy atom. The number of likely N-dealkylation sites (N-methyl/N-ethyl adjacent to an activating group) is 1. The summed E-state index contributed by atoms with van der Waals surface area (Å²) >= 11 is 0. The van der Waals surface area contributed by atoms with Crippen LogP contribution in [0.3, 0.4) is 0 Å². The lowest BCUT2D eigenvalue weighted by Gasteiger charge is -2.29. The van der Waals surface area contributed by atoms with Crippen molar-refractivity contribution in [2.45, 2.75) is 20.4 Å². The van der Waals surface area contributed by atoms with Gasteiger partial charge in [-0.05, 0) is 31.3 Å². The van der Waals surface area contributed by atoms with Gasteiger partial charge in [0.2, 0.25) is 0 Å². The molecule has 1 aliphatic rings. The van der Waals surface area contributed by atoms with Crippen molar-refractivity contribution >= 4 is 16.7 Å². The Labute approximate surface area is 132 Å². The van der Waals surface area contributed by atoms with Gasteiger partial charge in [-0.1, -0.05) is 19.1 Å². The smallest absolute Gasteiger partial charge is 0.115 e. The number of fused-ring (bicyclic) bond motifs is 1. The van der Waals surface area contributed by atoms with E-state index in [9.17, 15) is 0 Å². The molecular formula is C16H26N6. The first-order valence-electron chi connectivity index (χ1n) is 8.33. The van der Waals surface area contributed by atoms with Crippen LogP contribution >= 0.6 is 0 Å². The monoisotopic (exact) mass is 302 g/mol. The van der Waals surface area contributed by atoms with Crippen molar-refractivity contribution in [3.8, 4) is 0 Å². The summed E-state index contributed by atoms with van der Waals surface area (Å²) in [7, 11) is 0. The standard InChI is InChI=1S/C16H26N6/c1-3-20(4-2)11-12-22-16-6-5-14(13-15(16)18-19-22)21-9-7-17-8-10-21/h5-6,13,17H,3-4,7-12H2,1-2H3. The predicted octanol–water partition coefficient (Wildman–Crippen LogP) is 1.18. The highest BCUT2D eigenvalue weighted by Crippen LogP contribution is 2.21. The molecule has 6 heteroatoms. The summed E-state index contributed by atoms with van der Waals surface area (Å²) in [5, 5.41) is 12.1. The first-order valence-corrected chi connectivity index (χ1v) is 8.33. The molecule has 2 heterocycles. The second-order valence-electron chi connectivity index (χ2n) is 5.75. The van der Waals surface area contributed by atoms with Crippen LogP contribution in [0.25, 0.3) is 11.0 Å². The molecule has 22 heavy (non-hydrogen) atoms. The van der Waals surface area contributed by atoms with E-state index in [0.29, 0.717) is 0 Å². The third-order valence-corrected chi connectivity index (χ3v) is 4.50. The van der Waals surface area contributed by atoms with Gasteiger partial charge < -0.3 is 15.1 Å². The molecule has 1 fully saturated rings. The topological polar surface area (TPSA) is 49.2 Å². The molecule has 0 bridgehead atoms. The third kappa shape index (κ3) is 3.23. The Morgan fingerprint density at radius 1 is 1.18 bits per heavy atom. The zero-order valence-corrected chi connectivity index (χ0v) is 13.6. The maximum absolute atomic E-state index is 4.36. The molecule has 0 saturated carbocycles. The van der Waals surface area contributed by atoms with Crippen LogP contribution in [0.5, 0.6) is 0 Å². The Bertz CT molecular complexity index is 598. The Hall–Kier alpha value is -1.66. The number of piperazine rings is 1. The van der Waals surface area contributed by atoms with Gasteiger partial charge in [0.05, 0.1) is 12.1 Å². The lowest BCUT2D eigenvalue weighted by Crippen LogP contribution is -2.43. The number of nitrogens with one attached hydrogen (secondary N) is 1. The number of hydrogen-bond donors (Lipinski definition) is 1. The van der Waals surface area contributed by atoms with E-state index >= 15 is 0 Å². The third-order valence-electron chi connectivity index (χ3n) is 4.50. The van der Waals surface area contributed by atoms with Crippen molar-refractivity contribution in [1.29, 1.82) is 0 Å². The zero-order valence-electron chi connectivity index (χ0n) is 13.6. The van der Waals surface area contributed by atoms with Gasteiger partial charge >= 0.3 is 0 Å². The van der Waals surface area contributed by atoms with Crippen molar-refractivity contribution in [3.05, 3.63) is 18.2 Å². The van der Waals surface area contributed by atoms with Crippen molar-refractivity contribution in [2.24, 2.45) is 0 Å². The quantitative estimate of drug-likeness (QED) is 0.868. The lowest BCUT2D eigenvalue weighted by atomic mass is 10.2. The van der Waals surface area contributed by atoms with E-state index in [1.165, 1.54) is 5.69 Å². The highest BCUT2D eigenvalue weighted by atomic mass is 15.4. The highest BCUT2D eigenvalue weighted by Gasteiger charge is 2.13. The summed E-state index contributed by atoms with van der Waals surface area (Å²) in [6, 6.07) is 6.53. The summed E-state index contributed by atoms with van der Waals surface area (Å²) in [5.74, 6) is 0. The molecule has 0 atom stereocenters. The van der Waals surface area contributed by atoms with E-state index in [-0.39, 0.29) is 0 Å². The van der Waals surface area contributed by atoms with Gasteiger partial charge in [0, 0.05) is 38.4 Å². The van der Waals surface area contributed by atoms with Crippen LogP contribution in [0.1, 0.15) is 13.8 Å². The average molecular weight is 302 g/mol. The second-order valence-corrected chi connectivity index (χ2v) is 5.75. The van der Waals surface area contributed by atoms with Crippen LogP contribution in [-0.2, 0) is 6.54 Å². The highest BCUT2D eigenvalue weighted by molar-refractivity contribution is 5.79. The molecular weight excluding hydrogens is 276 g/mol. The van der Waals surface area contributed by atoms with E-state index in [4.69, 9.17) is 0 Å². The van der Waals surface area contributed by atoms with E-state index < -0.39 is 0 Å². The van der Waals surface area contributed by atoms with Gasteiger partial charge in [-0.2, -0.15) is 0 Å². The molecule has 1 N–H and O–H groups in total. The first kappa shape index (κ1) is 15.2. The Morgan fingerprint density at radius 2 is 1.95 bits per heavy atom. The normalized spacial score (nSPS) is 15.9. The lowest BCUT2D eigenvalue weighted by molar-refractivity contribution is 0.286. The molecule has 1 aromatic heterocycles. The number of anilines is 1. The molecule has 0 radical (unpaired) electrons. The maximum Gasteiger partial charge on any atom is 0.115 e. The van der Waals surface area contributed by atoms with Crippen LogP contribution in [-0.4, -0.2) is 65.7 Å². The molecule has 0 amide bonds. The van der Waals surface area contributed by atoms with Crippen molar-refractivity contribution in [2.75, 3.05) is 50.7 Å². The molecule has 6 nitrogen and oxygen atoms in total. The fourth-order valence-corrected chi connectivity index (χ4v) is 3.02. The maximum atomic E-state index is 4.36. The molecule has 0 aliphatic carbocycles. The molecule has 120 valence electrons. The zero-order chi connectivity index (χ0) is 15.4. The van der Waals surface area contributed by atoms with Crippen LogP contribution < -0.4 is 10.2 Å². The summed E-state index contributed by atoms with van der Waals surface area (Å²) in [6.07, 6.45) is 0. The number of benzene rings is 1. The predicted molar refractivity (Wildman–Crippen MR) is 90.4 cm³/mol. The fourth-order valence-electron chi connectivity index (χ4n) is 3.02. The first-order chi connectivity index (χ1) is 10.8. The van der Waals surface area contributed by atoms with Crippen LogP contribution in [0.4, 0.5) is 5.69 Å². The summed E-state index contributed by atoms with van der Waals surface area (Å²) < 4.78 is 2.02. The average Bonchev–Trinajstić information content (AvgIpc) is 2.99. The summed E-state index contributed by atoms with van der Waals surface area (Å²) in [5.41, 5.74) is 3.38. The molecule has 2 aromatic rings. The summed E-state index contributed by atoms with van der Waals surface area (Å²) in [4.78, 5) is 4.81. The minimum atomic E-state index is 0.894. The molecule has 1 aliphatic heterocycles. The van der Waals surface area contributed by atoms with Crippen LogP contribution in [0.2, 0.25) is 0 Å². The fraction of sp³-hybridized carbons (Fsp3) is 0.625. The van der Waals surface area contributed by atoms with Gasteiger partial charge in [0.15, 0.2) is 0 Å². The van der Waals surface area contributed by atoms with Gasteiger partial charge in [-0.15, -0.1) is 5.10 Å². The van der Waals surface area contributed by atoms with E-state index in [0.717, 1.165) is 63.4 Å². The van der Waals surface area contributed by atoms with Crippen LogP contribution in [0.15, 0.2) is 18.2 Å². The minimum Gasteiger partial charge on any atom is -0.369 e. The van der Waals surface area contributed by atoms with Gasteiger partial charge in [-0.3, -0.25) is 0 Å². The Balaban J connectivity index is 1.74. The summed E-state index contributed by atoms with van der Waals surface area (Å²) in [6.45, 7) is 12.7. The van der Waals surface area contributed by atoms with Gasteiger partial charge in [-0.25, -0.2) is 4.68 Å². The number of aromatic nitrogens is 3. The van der Waals surface area contributed by atoms with Crippen molar-refractivity contribution < 1.29 is 0 Å². The molecule has 1 aromatic carbocycles. The van der Waals surface area contributed by atoms with Gasteiger partial charge in [0.25, 0.3) is 0 Å². The minimum absolute atomic E-state index is 0.894. The molecule has 0 unspecified atom stereocenters. The van der Waals surface area contributed by atoms with E-state index in [2.05, 4.69) is 57.5 Å². The SMILES string of the molecule is CCN(CC)CCn1nnc2cc(N3CCNCC3)ccc21. The Kier molecular flexibility index (Phi) is 4.90. The van der Waals surface area contributed by atoms with Crippen molar-refractivity contribution in [1.82, 2.24) is 25.2 Å². The molecule has 3 rings (SSSR count). The van der Waals surface area contributed by atoms with Crippen LogP contribution in [0, 0.1) is 0 Å². The number of hydrogen-bond acceptors (Lipinski definition) is 5. The number of rotatable bonds is 6. The second kappa shape index (κ2) is 7.07. The van der Waals surface area contributed by atoms with E-state index in [1.54, 1.807) is 0 Å². The molecule has 0 spiro atoms. The molecule has 1 saturated heterocycles. The van der Waals surface area contributed by atoms with Crippen molar-refractivity contribution in [3.63, 3.8) is 0 Å². The van der Waals surface area contributed by atoms with Gasteiger partial charge in [0.1, 0.15) is 5.52 Å². The number of nitrogens with zero attached hydrogens (tertiary/aromatic N) is 5. The van der Waals surface area contributed by atoms with E-state index in [1.807, 2.05) is 4.68 Å².